The molecule has 1 aromatic rings. The summed E-state index contributed by atoms with van der Waals surface area (Å²) in [6, 6.07) is 3.75. The van der Waals surface area contributed by atoms with Crippen LogP contribution in [-0.2, 0) is 4.74 Å². The minimum absolute atomic E-state index is 0.208. The van der Waals surface area contributed by atoms with Crippen LogP contribution >= 0.6 is 0 Å². The van der Waals surface area contributed by atoms with Gasteiger partial charge in [0.25, 0.3) is 0 Å². The van der Waals surface area contributed by atoms with Crippen molar-refractivity contribution < 1.29 is 13.5 Å². The van der Waals surface area contributed by atoms with E-state index in [2.05, 4.69) is 0 Å². The first kappa shape index (κ1) is 9.13. The fourth-order valence-corrected chi connectivity index (χ4v) is 0.901. The average molecular weight is 172 g/mol. The Kier molecular flexibility index (Phi) is 2.76. The van der Waals surface area contributed by atoms with Crippen LogP contribution in [0.2, 0.25) is 0 Å². The van der Waals surface area contributed by atoms with Gasteiger partial charge in [0, 0.05) is 7.11 Å². The van der Waals surface area contributed by atoms with E-state index in [1.807, 2.05) is 0 Å². The molecule has 0 N–H and O–H groups in total. The minimum atomic E-state index is -0.837. The first-order valence-electron chi connectivity index (χ1n) is 3.63. The van der Waals surface area contributed by atoms with Gasteiger partial charge in [-0.2, -0.15) is 0 Å². The Hall–Kier alpha value is -0.960. The molecule has 0 radical (unpaired) electrons. The maximum atomic E-state index is 12.6. The SMILES string of the molecule is CO[C@H](C)c1ccc(F)c(F)c1. The number of rotatable bonds is 2. The molecule has 0 aromatic heterocycles. The van der Waals surface area contributed by atoms with E-state index in [0.717, 1.165) is 12.1 Å². The molecule has 12 heavy (non-hydrogen) atoms. The summed E-state index contributed by atoms with van der Waals surface area (Å²) in [5.41, 5.74) is 0.636. The monoisotopic (exact) mass is 172 g/mol. The normalized spacial score (nSPS) is 13.0. The van der Waals surface area contributed by atoms with Crippen LogP contribution in [0, 0.1) is 11.6 Å². The Balaban J connectivity index is 2.96. The fraction of sp³-hybridized carbons (Fsp3) is 0.333. The molecule has 1 nitrogen and oxygen atoms in total. The summed E-state index contributed by atoms with van der Waals surface area (Å²) in [6.45, 7) is 1.77. The molecule has 1 atom stereocenters. The number of benzene rings is 1. The zero-order chi connectivity index (χ0) is 9.14. The van der Waals surface area contributed by atoms with E-state index >= 15 is 0 Å². The Morgan fingerprint density at radius 1 is 1.25 bits per heavy atom. The van der Waals surface area contributed by atoms with Crippen molar-refractivity contribution in [3.63, 3.8) is 0 Å². The van der Waals surface area contributed by atoms with E-state index in [9.17, 15) is 8.78 Å². The van der Waals surface area contributed by atoms with Crippen LogP contribution in [0.15, 0.2) is 18.2 Å². The summed E-state index contributed by atoms with van der Waals surface area (Å²) in [5.74, 6) is -1.67. The lowest BCUT2D eigenvalue weighted by molar-refractivity contribution is 0.119. The molecule has 1 rings (SSSR count). The van der Waals surface area contributed by atoms with Gasteiger partial charge in [0.1, 0.15) is 0 Å². The Morgan fingerprint density at radius 3 is 2.42 bits per heavy atom. The molecule has 66 valence electrons. The highest BCUT2D eigenvalue weighted by Crippen LogP contribution is 2.17. The average Bonchev–Trinajstić information content (AvgIpc) is 2.08. The molecule has 0 fully saturated rings. The minimum Gasteiger partial charge on any atom is -0.377 e. The van der Waals surface area contributed by atoms with Crippen LogP contribution in [0.4, 0.5) is 8.78 Å². The second kappa shape index (κ2) is 3.63. The molecule has 0 aliphatic carbocycles. The molecule has 0 heterocycles. The highest BCUT2D eigenvalue weighted by molar-refractivity contribution is 5.19. The van der Waals surface area contributed by atoms with Crippen LogP contribution < -0.4 is 0 Å². The Bertz CT molecular complexity index is 273. The van der Waals surface area contributed by atoms with E-state index in [1.165, 1.54) is 13.2 Å². The first-order valence-corrected chi connectivity index (χ1v) is 3.63. The Morgan fingerprint density at radius 2 is 1.92 bits per heavy atom. The molecule has 0 aliphatic rings. The van der Waals surface area contributed by atoms with Crippen LogP contribution in [0.1, 0.15) is 18.6 Å². The van der Waals surface area contributed by atoms with E-state index < -0.39 is 11.6 Å². The molecular formula is C9H10F2O. The Labute approximate surface area is 70.0 Å². The second-order valence-electron chi connectivity index (χ2n) is 2.55. The third-order valence-corrected chi connectivity index (χ3v) is 1.77. The van der Waals surface area contributed by atoms with Gasteiger partial charge < -0.3 is 4.74 Å². The molecule has 0 amide bonds. The molecule has 0 aliphatic heterocycles. The van der Waals surface area contributed by atoms with Crippen molar-refractivity contribution in [3.8, 4) is 0 Å². The third kappa shape index (κ3) is 1.80. The predicted octanol–water partition coefficient (Wildman–Crippen LogP) is 2.67. The van der Waals surface area contributed by atoms with Crippen LogP contribution in [0.3, 0.4) is 0 Å². The van der Waals surface area contributed by atoms with E-state index in [1.54, 1.807) is 6.92 Å². The molecule has 0 unspecified atom stereocenters. The molecule has 0 saturated heterocycles. The van der Waals surface area contributed by atoms with Crippen molar-refractivity contribution in [1.82, 2.24) is 0 Å². The number of methoxy groups -OCH3 is 1. The van der Waals surface area contributed by atoms with Gasteiger partial charge in [-0.15, -0.1) is 0 Å². The van der Waals surface area contributed by atoms with Crippen molar-refractivity contribution in [1.29, 1.82) is 0 Å². The van der Waals surface area contributed by atoms with E-state index in [0.29, 0.717) is 5.56 Å². The maximum Gasteiger partial charge on any atom is 0.159 e. The summed E-state index contributed by atoms with van der Waals surface area (Å²) in [6.07, 6.45) is -0.208. The first-order chi connectivity index (χ1) is 5.65. The number of hydrogen-bond donors (Lipinski definition) is 0. The van der Waals surface area contributed by atoms with Crippen molar-refractivity contribution in [2.75, 3.05) is 7.11 Å². The van der Waals surface area contributed by atoms with Gasteiger partial charge in [-0.3, -0.25) is 0 Å². The van der Waals surface area contributed by atoms with Gasteiger partial charge in [0.05, 0.1) is 6.10 Å². The lowest BCUT2D eigenvalue weighted by atomic mass is 10.1. The summed E-state index contributed by atoms with van der Waals surface area (Å²) >= 11 is 0. The zero-order valence-corrected chi connectivity index (χ0v) is 6.97. The molecule has 1 aromatic carbocycles. The molecular weight excluding hydrogens is 162 g/mol. The van der Waals surface area contributed by atoms with Crippen molar-refractivity contribution in [3.05, 3.63) is 35.4 Å². The van der Waals surface area contributed by atoms with Gasteiger partial charge in [-0.05, 0) is 24.6 Å². The van der Waals surface area contributed by atoms with E-state index in [-0.39, 0.29) is 6.10 Å². The third-order valence-electron chi connectivity index (χ3n) is 1.77. The van der Waals surface area contributed by atoms with Crippen molar-refractivity contribution in [2.45, 2.75) is 13.0 Å². The van der Waals surface area contributed by atoms with Gasteiger partial charge in [-0.25, -0.2) is 8.78 Å². The predicted molar refractivity (Wildman–Crippen MR) is 41.8 cm³/mol. The lowest BCUT2D eigenvalue weighted by Gasteiger charge is -2.09. The molecule has 3 heteroatoms. The topological polar surface area (TPSA) is 9.23 Å². The second-order valence-corrected chi connectivity index (χ2v) is 2.55. The number of ether oxygens (including phenoxy) is 1. The smallest absolute Gasteiger partial charge is 0.159 e. The highest BCUT2D eigenvalue weighted by atomic mass is 19.2. The summed E-state index contributed by atoms with van der Waals surface area (Å²) in [5, 5.41) is 0. The standard InChI is InChI=1S/C9H10F2O/c1-6(12-2)7-3-4-8(10)9(11)5-7/h3-6H,1-2H3/t6-/m1/s1. The van der Waals surface area contributed by atoms with Crippen LogP contribution in [0.25, 0.3) is 0 Å². The maximum absolute atomic E-state index is 12.6. The molecule has 0 spiro atoms. The fourth-order valence-electron chi connectivity index (χ4n) is 0.901. The quantitative estimate of drug-likeness (QED) is 0.666. The van der Waals surface area contributed by atoms with Crippen LogP contribution in [-0.4, -0.2) is 7.11 Å². The van der Waals surface area contributed by atoms with Gasteiger partial charge in [0.15, 0.2) is 11.6 Å². The van der Waals surface area contributed by atoms with Crippen LogP contribution in [0.5, 0.6) is 0 Å². The van der Waals surface area contributed by atoms with Gasteiger partial charge in [-0.1, -0.05) is 6.07 Å². The lowest BCUT2D eigenvalue weighted by Crippen LogP contribution is -1.97. The zero-order valence-electron chi connectivity index (χ0n) is 6.97. The molecule has 0 saturated carbocycles. The van der Waals surface area contributed by atoms with Crippen molar-refractivity contribution >= 4 is 0 Å². The van der Waals surface area contributed by atoms with Gasteiger partial charge >= 0.3 is 0 Å². The summed E-state index contributed by atoms with van der Waals surface area (Å²) in [7, 11) is 1.52. The summed E-state index contributed by atoms with van der Waals surface area (Å²) < 4.78 is 30.0. The highest BCUT2D eigenvalue weighted by Gasteiger charge is 2.07. The van der Waals surface area contributed by atoms with Crippen molar-refractivity contribution in [2.24, 2.45) is 0 Å². The number of halogens is 2. The summed E-state index contributed by atoms with van der Waals surface area (Å²) in [4.78, 5) is 0. The van der Waals surface area contributed by atoms with E-state index in [4.69, 9.17) is 4.74 Å². The van der Waals surface area contributed by atoms with Gasteiger partial charge in [0.2, 0.25) is 0 Å². The molecule has 0 bridgehead atoms. The number of hydrogen-bond acceptors (Lipinski definition) is 1. The largest absolute Gasteiger partial charge is 0.377 e.